The Morgan fingerprint density at radius 3 is 1.40 bits per heavy atom. The third-order valence-electron chi connectivity index (χ3n) is 8.85. The van der Waals surface area contributed by atoms with Gasteiger partial charge in [0.05, 0.1) is 0 Å². The minimum absolute atomic E-state index is 0. The molecule has 1 rings (SSSR count). The van der Waals surface area contributed by atoms with Crippen LogP contribution in [0.1, 0.15) is 202 Å². The summed E-state index contributed by atoms with van der Waals surface area (Å²) in [7, 11) is 0. The molecule has 0 aliphatic carbocycles. The maximum atomic E-state index is 12.7. The molecule has 0 saturated carbocycles. The summed E-state index contributed by atoms with van der Waals surface area (Å²) in [6, 6.07) is 0.286. The highest BCUT2D eigenvalue weighted by atomic mass is 16.2. The largest absolute Gasteiger partial charge is 0.356 e. The molecule has 1 aliphatic rings. The Hall–Kier alpha value is -1.59. The molecule has 3 amide bonds. The highest BCUT2D eigenvalue weighted by Crippen LogP contribution is 2.26. The molecule has 0 radical (unpaired) electrons. The first kappa shape index (κ1) is 55.8. The number of likely N-dealkylation sites (tertiary alicyclic amines) is 1. The van der Waals surface area contributed by atoms with Gasteiger partial charge in [-0.3, -0.25) is 14.4 Å². The number of rotatable bonds is 23. The normalized spacial score (nSPS) is 13.0. The quantitative estimate of drug-likeness (QED) is 0.109. The average molecular weight is 646 g/mol. The molecule has 6 nitrogen and oxygen atoms in total. The van der Waals surface area contributed by atoms with Gasteiger partial charge in [-0.15, -0.1) is 0 Å². The van der Waals surface area contributed by atoms with E-state index >= 15 is 0 Å². The smallest absolute Gasteiger partial charge is 0.225 e. The summed E-state index contributed by atoms with van der Waals surface area (Å²) in [5, 5.41) is 6.24. The first-order valence-electron chi connectivity index (χ1n) is 16.4. The van der Waals surface area contributed by atoms with E-state index in [1.54, 1.807) is 0 Å². The van der Waals surface area contributed by atoms with Crippen molar-refractivity contribution >= 4 is 17.7 Å². The van der Waals surface area contributed by atoms with Crippen LogP contribution in [0, 0.1) is 10.8 Å². The maximum absolute atomic E-state index is 12.7. The van der Waals surface area contributed by atoms with E-state index in [9.17, 15) is 14.4 Å². The van der Waals surface area contributed by atoms with Crippen molar-refractivity contribution in [3.05, 3.63) is 0 Å². The van der Waals surface area contributed by atoms with Crippen LogP contribution in [0.15, 0.2) is 0 Å². The topological polar surface area (TPSA) is 78.5 Å². The zero-order chi connectivity index (χ0) is 29.2. The minimum Gasteiger partial charge on any atom is -0.356 e. The number of amides is 3. The van der Waals surface area contributed by atoms with E-state index in [0.717, 1.165) is 64.6 Å². The van der Waals surface area contributed by atoms with Crippen molar-refractivity contribution < 1.29 is 14.4 Å². The summed E-state index contributed by atoms with van der Waals surface area (Å²) in [6.45, 7) is 14.8. The van der Waals surface area contributed by atoms with Gasteiger partial charge in [0, 0.05) is 42.9 Å². The van der Waals surface area contributed by atoms with E-state index in [1.807, 2.05) is 32.6 Å². The van der Waals surface area contributed by atoms with Gasteiger partial charge in [-0.2, -0.15) is 0 Å². The van der Waals surface area contributed by atoms with Crippen molar-refractivity contribution in [2.24, 2.45) is 10.8 Å². The van der Waals surface area contributed by atoms with Gasteiger partial charge in [0.2, 0.25) is 17.7 Å². The summed E-state index contributed by atoms with van der Waals surface area (Å²) < 4.78 is 0. The van der Waals surface area contributed by atoms with Crippen LogP contribution in [-0.4, -0.2) is 48.3 Å². The van der Waals surface area contributed by atoms with Gasteiger partial charge in [0.25, 0.3) is 0 Å². The summed E-state index contributed by atoms with van der Waals surface area (Å²) in [4.78, 5) is 38.6. The van der Waals surface area contributed by atoms with E-state index in [1.165, 1.54) is 64.2 Å². The van der Waals surface area contributed by atoms with Crippen molar-refractivity contribution in [1.82, 2.24) is 15.5 Å². The molecule has 1 fully saturated rings. The predicted octanol–water partition coefficient (Wildman–Crippen LogP) is 11.4. The summed E-state index contributed by atoms with van der Waals surface area (Å²) in [5.74, 6) is 0.637. The Labute approximate surface area is 285 Å². The lowest BCUT2D eigenvalue weighted by atomic mass is 9.85. The second-order valence-electron chi connectivity index (χ2n) is 13.3. The molecular weight excluding hydrogens is 558 g/mol. The van der Waals surface area contributed by atoms with Gasteiger partial charge in [-0.05, 0) is 45.4 Å². The molecule has 1 heterocycles. The Balaban J connectivity index is -0.000000634. The number of carbonyl (C=O) groups excluding carboxylic acids is 3. The molecular formula is C39H87N3O3. The van der Waals surface area contributed by atoms with Crippen LogP contribution in [0.3, 0.4) is 0 Å². The average Bonchev–Trinajstić information content (AvgIpc) is 3.33. The van der Waals surface area contributed by atoms with Gasteiger partial charge in [-0.25, -0.2) is 0 Å². The molecule has 45 heavy (non-hydrogen) atoms. The van der Waals surface area contributed by atoms with Crippen LogP contribution >= 0.6 is 0 Å². The van der Waals surface area contributed by atoms with E-state index in [-0.39, 0.29) is 79.2 Å². The predicted molar refractivity (Wildman–Crippen MR) is 204 cm³/mol. The van der Waals surface area contributed by atoms with E-state index in [4.69, 9.17) is 0 Å². The van der Waals surface area contributed by atoms with Crippen molar-refractivity contribution in [3.8, 4) is 0 Å². The van der Waals surface area contributed by atoms with Crippen LogP contribution in [-0.2, 0) is 14.4 Å². The molecule has 276 valence electrons. The first-order chi connectivity index (χ1) is 18.5. The highest BCUT2D eigenvalue weighted by molar-refractivity contribution is 5.82. The van der Waals surface area contributed by atoms with Crippen molar-refractivity contribution in [1.29, 1.82) is 0 Å². The monoisotopic (exact) mass is 646 g/mol. The van der Waals surface area contributed by atoms with Crippen LogP contribution in [0.4, 0.5) is 0 Å². The van der Waals surface area contributed by atoms with E-state index in [2.05, 4.69) is 24.5 Å². The fourth-order valence-electron chi connectivity index (χ4n) is 5.30. The maximum Gasteiger partial charge on any atom is 0.225 e. The highest BCUT2D eigenvalue weighted by Gasteiger charge is 2.29. The zero-order valence-corrected chi connectivity index (χ0v) is 26.6. The van der Waals surface area contributed by atoms with Crippen LogP contribution in [0.5, 0.6) is 0 Å². The van der Waals surface area contributed by atoms with Gasteiger partial charge >= 0.3 is 0 Å². The molecule has 0 spiro atoms. The number of nitrogens with zero attached hydrogens (tertiary/aromatic N) is 1. The van der Waals surface area contributed by atoms with Gasteiger partial charge < -0.3 is 15.5 Å². The zero-order valence-electron chi connectivity index (χ0n) is 26.6. The second kappa shape index (κ2) is 31.0. The molecule has 0 aromatic rings. The van der Waals surface area contributed by atoms with E-state index in [0.29, 0.717) is 6.42 Å². The summed E-state index contributed by atoms with van der Waals surface area (Å²) in [6.07, 6.45) is 20.4. The lowest BCUT2D eigenvalue weighted by Gasteiger charge is -2.27. The van der Waals surface area contributed by atoms with Gasteiger partial charge in [0.1, 0.15) is 0 Å². The molecule has 0 aromatic heterocycles. The number of hydrogen-bond acceptors (Lipinski definition) is 3. The van der Waals surface area contributed by atoms with Gasteiger partial charge in [-0.1, -0.05) is 150 Å². The number of hydrogen-bond donors (Lipinski definition) is 2. The minimum atomic E-state index is -0.351. The molecule has 0 bridgehead atoms. The molecule has 1 atom stereocenters. The lowest BCUT2D eigenvalue weighted by Crippen LogP contribution is -2.38. The van der Waals surface area contributed by atoms with Crippen molar-refractivity contribution in [2.45, 2.75) is 208 Å². The lowest BCUT2D eigenvalue weighted by molar-refractivity contribution is -0.131. The standard InChI is InChI=1S/C33H63N3O3.6CH4/c1-7-32(3,4)30(38)34-25-18-16-14-12-10-8-9-11-13-15-17-19-26-35-31(39)33(5,6)24-20-22-28(2)36-27-21-23-29(36)37;;;;;;/h28H,7-27H2,1-6H3,(H,34,38)(H,35,39);6*1H4. The second-order valence-corrected chi connectivity index (χ2v) is 13.3. The van der Waals surface area contributed by atoms with Crippen molar-refractivity contribution in [2.75, 3.05) is 19.6 Å². The molecule has 1 saturated heterocycles. The third kappa shape index (κ3) is 24.3. The number of nitrogens with one attached hydrogen (secondary N) is 2. The molecule has 1 unspecified atom stereocenters. The first-order valence-corrected chi connectivity index (χ1v) is 16.4. The SMILES string of the molecule is C.C.C.C.C.C.CCC(C)(C)C(=O)NCCCCCCCCCCCCCCNC(=O)C(C)(C)CCCC(C)N1CCCC1=O. The van der Waals surface area contributed by atoms with Crippen LogP contribution in [0.2, 0.25) is 0 Å². The molecule has 0 aromatic carbocycles. The van der Waals surface area contributed by atoms with Gasteiger partial charge in [0.15, 0.2) is 0 Å². The number of unbranched alkanes of at least 4 members (excludes halogenated alkanes) is 11. The van der Waals surface area contributed by atoms with Crippen molar-refractivity contribution in [3.63, 3.8) is 0 Å². The fourth-order valence-corrected chi connectivity index (χ4v) is 5.30. The fraction of sp³-hybridized carbons (Fsp3) is 0.923. The van der Waals surface area contributed by atoms with Crippen LogP contribution in [0.25, 0.3) is 0 Å². The molecule has 6 heteroatoms. The Kier molecular flexibility index (Phi) is 38.5. The number of carbonyl (C=O) groups is 3. The van der Waals surface area contributed by atoms with Crippen LogP contribution < -0.4 is 10.6 Å². The summed E-state index contributed by atoms with van der Waals surface area (Å²) in [5.41, 5.74) is -0.597. The molecule has 2 N–H and O–H groups in total. The molecule has 1 aliphatic heterocycles. The Morgan fingerprint density at radius 2 is 1.04 bits per heavy atom. The Morgan fingerprint density at radius 1 is 0.667 bits per heavy atom. The Bertz CT molecular complexity index is 706. The van der Waals surface area contributed by atoms with E-state index < -0.39 is 0 Å². The third-order valence-corrected chi connectivity index (χ3v) is 8.85. The summed E-state index contributed by atoms with van der Waals surface area (Å²) >= 11 is 0.